The van der Waals surface area contributed by atoms with Crippen LogP contribution in [0.5, 0.6) is 0 Å². The molecule has 1 N–H and O–H groups in total. The summed E-state index contributed by atoms with van der Waals surface area (Å²) in [5.41, 5.74) is 0. The number of hydrogen-bond acceptors (Lipinski definition) is 2. The molecule has 0 aromatic rings. The van der Waals surface area contributed by atoms with Gasteiger partial charge in [0.2, 0.25) is 0 Å². The first-order valence-corrected chi connectivity index (χ1v) is 8.18. The molecule has 106 valence electrons. The van der Waals surface area contributed by atoms with Crippen LogP contribution in [0.25, 0.3) is 0 Å². The van der Waals surface area contributed by atoms with Crippen LogP contribution in [-0.4, -0.2) is 36.6 Å². The zero-order valence-electron chi connectivity index (χ0n) is 12.6. The van der Waals surface area contributed by atoms with Crippen molar-refractivity contribution in [3.8, 4) is 0 Å². The van der Waals surface area contributed by atoms with Gasteiger partial charge in [-0.05, 0) is 37.6 Å². The normalized spacial score (nSPS) is 32.0. The van der Waals surface area contributed by atoms with Gasteiger partial charge in [-0.2, -0.15) is 0 Å². The smallest absolute Gasteiger partial charge is 0.0249 e. The maximum absolute atomic E-state index is 3.82. The number of piperazine rings is 1. The molecule has 2 unspecified atom stereocenters. The van der Waals surface area contributed by atoms with Crippen molar-refractivity contribution in [3.05, 3.63) is 0 Å². The Hall–Kier alpha value is -0.0800. The molecule has 1 aliphatic carbocycles. The Kier molecular flexibility index (Phi) is 5.50. The molecule has 2 aliphatic rings. The Labute approximate surface area is 114 Å². The van der Waals surface area contributed by atoms with Crippen molar-refractivity contribution in [2.24, 2.45) is 11.8 Å². The van der Waals surface area contributed by atoms with Crippen molar-refractivity contribution in [2.45, 2.75) is 71.4 Å². The van der Waals surface area contributed by atoms with Crippen LogP contribution in [0.3, 0.4) is 0 Å². The molecule has 0 aromatic heterocycles. The van der Waals surface area contributed by atoms with Crippen molar-refractivity contribution in [3.63, 3.8) is 0 Å². The fourth-order valence-electron chi connectivity index (χ4n) is 3.97. The summed E-state index contributed by atoms with van der Waals surface area (Å²) in [4.78, 5) is 2.76. The molecule has 2 fully saturated rings. The molecule has 18 heavy (non-hydrogen) atoms. The lowest BCUT2D eigenvalue weighted by Gasteiger charge is -2.45. The second kappa shape index (κ2) is 6.91. The highest BCUT2D eigenvalue weighted by Gasteiger charge is 2.33. The molecule has 0 amide bonds. The zero-order valence-corrected chi connectivity index (χ0v) is 12.6. The van der Waals surface area contributed by atoms with E-state index in [4.69, 9.17) is 0 Å². The van der Waals surface area contributed by atoms with Gasteiger partial charge in [-0.25, -0.2) is 0 Å². The monoisotopic (exact) mass is 252 g/mol. The summed E-state index contributed by atoms with van der Waals surface area (Å²) in [5.74, 6) is 1.78. The fourth-order valence-corrected chi connectivity index (χ4v) is 3.97. The lowest BCUT2D eigenvalue weighted by atomic mass is 9.82. The third-order valence-electron chi connectivity index (χ3n) is 4.90. The molecule has 2 atom stereocenters. The third-order valence-corrected chi connectivity index (χ3v) is 4.90. The van der Waals surface area contributed by atoms with Crippen molar-refractivity contribution in [1.29, 1.82) is 0 Å². The van der Waals surface area contributed by atoms with E-state index in [0.717, 1.165) is 23.9 Å². The zero-order chi connectivity index (χ0) is 13.0. The van der Waals surface area contributed by atoms with Crippen LogP contribution in [0.15, 0.2) is 0 Å². The van der Waals surface area contributed by atoms with E-state index in [0.29, 0.717) is 0 Å². The van der Waals surface area contributed by atoms with Gasteiger partial charge in [0.05, 0.1) is 0 Å². The first kappa shape index (κ1) is 14.3. The molecule has 0 radical (unpaired) electrons. The summed E-state index contributed by atoms with van der Waals surface area (Å²) < 4.78 is 0. The van der Waals surface area contributed by atoms with Gasteiger partial charge in [0.25, 0.3) is 0 Å². The molecule has 2 heteroatoms. The largest absolute Gasteiger partial charge is 0.311 e. The minimum absolute atomic E-state index is 0.727. The lowest BCUT2D eigenvalue weighted by molar-refractivity contribution is 0.0719. The van der Waals surface area contributed by atoms with E-state index in [9.17, 15) is 0 Å². The van der Waals surface area contributed by atoms with Gasteiger partial charge in [-0.1, -0.05) is 40.0 Å². The summed E-state index contributed by atoms with van der Waals surface area (Å²) in [7, 11) is 0. The highest BCUT2D eigenvalue weighted by molar-refractivity contribution is 4.90. The lowest BCUT2D eigenvalue weighted by Crippen LogP contribution is -2.59. The number of likely N-dealkylation sites (N-methyl/N-ethyl adjacent to an activating group) is 1. The second-order valence-electron chi connectivity index (χ2n) is 6.79. The standard InChI is InChI=1S/C16H32N2/c1-4-18-12-15(10-13(2)3)17-11-16(18)14-8-6-5-7-9-14/h13-17H,4-12H2,1-3H3. The van der Waals surface area contributed by atoms with Gasteiger partial charge in [0.1, 0.15) is 0 Å². The molecular formula is C16H32N2. The average Bonchev–Trinajstić information content (AvgIpc) is 2.39. The van der Waals surface area contributed by atoms with Gasteiger partial charge in [-0.15, -0.1) is 0 Å². The van der Waals surface area contributed by atoms with Gasteiger partial charge in [-0.3, -0.25) is 4.90 Å². The molecule has 1 saturated carbocycles. The predicted octanol–water partition coefficient (Wildman–Crippen LogP) is 3.28. The van der Waals surface area contributed by atoms with Crippen molar-refractivity contribution in [2.75, 3.05) is 19.6 Å². The Balaban J connectivity index is 1.88. The number of nitrogens with one attached hydrogen (secondary N) is 1. The average molecular weight is 252 g/mol. The van der Waals surface area contributed by atoms with E-state index in [1.807, 2.05) is 0 Å². The van der Waals surface area contributed by atoms with E-state index >= 15 is 0 Å². The van der Waals surface area contributed by atoms with Crippen molar-refractivity contribution >= 4 is 0 Å². The number of nitrogens with zero attached hydrogens (tertiary/aromatic N) is 1. The molecule has 0 aromatic carbocycles. The predicted molar refractivity (Wildman–Crippen MR) is 78.9 cm³/mol. The maximum atomic E-state index is 3.82. The van der Waals surface area contributed by atoms with Crippen LogP contribution in [0.4, 0.5) is 0 Å². The Morgan fingerprint density at radius 2 is 1.89 bits per heavy atom. The van der Waals surface area contributed by atoms with E-state index in [1.54, 1.807) is 0 Å². The van der Waals surface area contributed by atoms with E-state index in [2.05, 4.69) is 31.0 Å². The fraction of sp³-hybridized carbons (Fsp3) is 1.00. The highest BCUT2D eigenvalue weighted by Crippen LogP contribution is 2.30. The first-order chi connectivity index (χ1) is 8.70. The van der Waals surface area contributed by atoms with Gasteiger partial charge < -0.3 is 5.32 Å². The van der Waals surface area contributed by atoms with E-state index in [1.165, 1.54) is 58.2 Å². The Morgan fingerprint density at radius 1 is 1.17 bits per heavy atom. The van der Waals surface area contributed by atoms with Crippen LogP contribution in [0, 0.1) is 11.8 Å². The van der Waals surface area contributed by atoms with Gasteiger partial charge in [0, 0.05) is 25.2 Å². The molecule has 2 rings (SSSR count). The van der Waals surface area contributed by atoms with Crippen LogP contribution in [0.2, 0.25) is 0 Å². The molecule has 2 nitrogen and oxygen atoms in total. The summed E-state index contributed by atoms with van der Waals surface area (Å²) in [6, 6.07) is 1.54. The quantitative estimate of drug-likeness (QED) is 0.826. The van der Waals surface area contributed by atoms with E-state index < -0.39 is 0 Å². The van der Waals surface area contributed by atoms with Crippen LogP contribution in [-0.2, 0) is 0 Å². The SMILES string of the molecule is CCN1CC(CC(C)C)NCC1C1CCCCC1. The Morgan fingerprint density at radius 3 is 2.50 bits per heavy atom. The summed E-state index contributed by atoms with van der Waals surface area (Å²) in [5, 5.41) is 3.82. The number of hydrogen-bond donors (Lipinski definition) is 1. The highest BCUT2D eigenvalue weighted by atomic mass is 15.2. The summed E-state index contributed by atoms with van der Waals surface area (Å²) in [6.45, 7) is 10.8. The van der Waals surface area contributed by atoms with Crippen molar-refractivity contribution in [1.82, 2.24) is 10.2 Å². The second-order valence-corrected chi connectivity index (χ2v) is 6.79. The minimum atomic E-state index is 0.727. The molecular weight excluding hydrogens is 220 g/mol. The molecule has 0 spiro atoms. The minimum Gasteiger partial charge on any atom is -0.311 e. The molecule has 0 bridgehead atoms. The number of rotatable bonds is 4. The summed E-state index contributed by atoms with van der Waals surface area (Å²) in [6.07, 6.45) is 8.67. The van der Waals surface area contributed by atoms with Crippen molar-refractivity contribution < 1.29 is 0 Å². The van der Waals surface area contributed by atoms with Crippen LogP contribution < -0.4 is 5.32 Å². The summed E-state index contributed by atoms with van der Waals surface area (Å²) >= 11 is 0. The Bertz CT molecular complexity index is 233. The third kappa shape index (κ3) is 3.71. The first-order valence-electron chi connectivity index (χ1n) is 8.18. The van der Waals surface area contributed by atoms with E-state index in [-0.39, 0.29) is 0 Å². The molecule has 1 aliphatic heterocycles. The maximum Gasteiger partial charge on any atom is 0.0249 e. The van der Waals surface area contributed by atoms with Gasteiger partial charge in [0.15, 0.2) is 0 Å². The molecule has 1 saturated heterocycles. The van der Waals surface area contributed by atoms with Gasteiger partial charge >= 0.3 is 0 Å². The van der Waals surface area contributed by atoms with Crippen LogP contribution in [0.1, 0.15) is 59.3 Å². The topological polar surface area (TPSA) is 15.3 Å². The molecule has 1 heterocycles. The van der Waals surface area contributed by atoms with Crippen LogP contribution >= 0.6 is 0 Å².